The lowest BCUT2D eigenvalue weighted by atomic mass is 9.87. The minimum atomic E-state index is -0.665. The summed E-state index contributed by atoms with van der Waals surface area (Å²) in [7, 11) is 0. The predicted octanol–water partition coefficient (Wildman–Crippen LogP) is 1.55. The van der Waals surface area contributed by atoms with E-state index in [0.29, 0.717) is 18.7 Å². The summed E-state index contributed by atoms with van der Waals surface area (Å²) in [5.74, 6) is -1.42. The third kappa shape index (κ3) is 7.02. The highest BCUT2D eigenvalue weighted by atomic mass is 16.5. The van der Waals surface area contributed by atoms with Crippen LogP contribution in [0.4, 0.5) is 0 Å². The Balaban J connectivity index is 1.66. The molecule has 0 aliphatic carbocycles. The highest BCUT2D eigenvalue weighted by Crippen LogP contribution is 2.22. The van der Waals surface area contributed by atoms with E-state index in [2.05, 4.69) is 31.4 Å². The third-order valence-electron chi connectivity index (χ3n) is 4.32. The number of benzene rings is 1. The van der Waals surface area contributed by atoms with Crippen LogP contribution in [0.25, 0.3) is 0 Å². The average Bonchev–Trinajstić information content (AvgIpc) is 3.15. The fraction of sp³-hybridized carbons (Fsp3) is 0.550. The predicted molar refractivity (Wildman–Crippen MR) is 100 cm³/mol. The fourth-order valence-electron chi connectivity index (χ4n) is 2.66. The van der Waals surface area contributed by atoms with E-state index in [1.807, 2.05) is 12.1 Å². The molecule has 2 amide bonds. The van der Waals surface area contributed by atoms with E-state index >= 15 is 0 Å². The summed E-state index contributed by atoms with van der Waals surface area (Å²) in [4.78, 5) is 35.4. The molecular weight excluding hydrogens is 348 g/mol. The molecule has 0 radical (unpaired) electrons. The Morgan fingerprint density at radius 1 is 1.15 bits per heavy atom. The number of amides is 2. The molecule has 1 aromatic rings. The zero-order chi connectivity index (χ0) is 19.9. The quantitative estimate of drug-likeness (QED) is 0.704. The van der Waals surface area contributed by atoms with Gasteiger partial charge in [-0.1, -0.05) is 32.9 Å². The van der Waals surface area contributed by atoms with Crippen molar-refractivity contribution in [1.82, 2.24) is 10.6 Å². The van der Waals surface area contributed by atoms with Crippen molar-refractivity contribution in [3.05, 3.63) is 35.4 Å². The van der Waals surface area contributed by atoms with Crippen LogP contribution >= 0.6 is 0 Å². The van der Waals surface area contributed by atoms with Crippen molar-refractivity contribution in [2.75, 3.05) is 26.3 Å². The van der Waals surface area contributed by atoms with Crippen LogP contribution in [0, 0.1) is 0 Å². The first kappa shape index (κ1) is 20.9. The minimum absolute atomic E-state index is 0.00325. The molecule has 1 aromatic carbocycles. The Morgan fingerprint density at radius 3 is 2.44 bits per heavy atom. The topological polar surface area (TPSA) is 93.7 Å². The van der Waals surface area contributed by atoms with Crippen LogP contribution in [0.15, 0.2) is 24.3 Å². The normalized spacial score (nSPS) is 16.6. The van der Waals surface area contributed by atoms with Crippen molar-refractivity contribution in [2.24, 2.45) is 0 Å². The van der Waals surface area contributed by atoms with Crippen molar-refractivity contribution in [3.8, 4) is 0 Å². The van der Waals surface area contributed by atoms with Gasteiger partial charge in [-0.15, -0.1) is 0 Å². The zero-order valence-corrected chi connectivity index (χ0v) is 16.2. The molecule has 7 heteroatoms. The molecule has 2 N–H and O–H groups in total. The van der Waals surface area contributed by atoms with Crippen LogP contribution < -0.4 is 10.6 Å². The Kier molecular flexibility index (Phi) is 7.36. The highest BCUT2D eigenvalue weighted by Gasteiger charge is 2.17. The van der Waals surface area contributed by atoms with Gasteiger partial charge in [-0.25, -0.2) is 0 Å². The molecule has 148 valence electrons. The molecule has 1 saturated heterocycles. The van der Waals surface area contributed by atoms with Gasteiger partial charge in [-0.05, 0) is 36.0 Å². The van der Waals surface area contributed by atoms with Gasteiger partial charge in [0.05, 0.1) is 6.10 Å². The highest BCUT2D eigenvalue weighted by molar-refractivity contribution is 5.96. The van der Waals surface area contributed by atoms with Gasteiger partial charge >= 0.3 is 5.97 Å². The van der Waals surface area contributed by atoms with Gasteiger partial charge in [-0.3, -0.25) is 14.4 Å². The number of carbonyl (C=O) groups is 3. The Bertz CT molecular complexity index is 658. The second-order valence-corrected chi connectivity index (χ2v) is 7.61. The van der Waals surface area contributed by atoms with Crippen LogP contribution in [0.3, 0.4) is 0 Å². The van der Waals surface area contributed by atoms with Gasteiger partial charge in [-0.2, -0.15) is 0 Å². The van der Waals surface area contributed by atoms with Crippen LogP contribution in [0.1, 0.15) is 49.5 Å². The van der Waals surface area contributed by atoms with E-state index in [-0.39, 0.29) is 36.5 Å². The lowest BCUT2D eigenvalue weighted by molar-refractivity contribution is -0.147. The first-order chi connectivity index (χ1) is 12.8. The summed E-state index contributed by atoms with van der Waals surface area (Å²) < 4.78 is 10.3. The second-order valence-electron chi connectivity index (χ2n) is 7.61. The zero-order valence-electron chi connectivity index (χ0n) is 16.2. The third-order valence-corrected chi connectivity index (χ3v) is 4.32. The lowest BCUT2D eigenvalue weighted by Crippen LogP contribution is -2.36. The van der Waals surface area contributed by atoms with Gasteiger partial charge in [0.15, 0.2) is 6.61 Å². The number of ether oxygens (including phenoxy) is 2. The van der Waals surface area contributed by atoms with Crippen LogP contribution in [-0.4, -0.2) is 50.2 Å². The maximum atomic E-state index is 12.1. The van der Waals surface area contributed by atoms with Crippen LogP contribution in [-0.2, 0) is 24.5 Å². The molecule has 2 rings (SSSR count). The lowest BCUT2D eigenvalue weighted by Gasteiger charge is -2.19. The number of hydrogen-bond donors (Lipinski definition) is 2. The maximum absolute atomic E-state index is 12.1. The molecule has 27 heavy (non-hydrogen) atoms. The summed E-state index contributed by atoms with van der Waals surface area (Å²) in [6, 6.07) is 7.23. The second kappa shape index (κ2) is 9.50. The van der Waals surface area contributed by atoms with Crippen molar-refractivity contribution >= 4 is 17.8 Å². The largest absolute Gasteiger partial charge is 0.454 e. The number of esters is 1. The Morgan fingerprint density at radius 2 is 1.85 bits per heavy atom. The molecule has 1 aliphatic heterocycles. The van der Waals surface area contributed by atoms with Gasteiger partial charge in [0.25, 0.3) is 11.8 Å². The number of carbonyl (C=O) groups excluding carboxylic acids is 3. The number of nitrogens with one attached hydrogen (secondary N) is 2. The first-order valence-electron chi connectivity index (χ1n) is 9.18. The molecular formula is C20H28N2O5. The molecule has 7 nitrogen and oxygen atoms in total. The van der Waals surface area contributed by atoms with Gasteiger partial charge in [0.1, 0.15) is 6.54 Å². The Labute approximate surface area is 159 Å². The van der Waals surface area contributed by atoms with Gasteiger partial charge in [0, 0.05) is 18.7 Å². The molecule has 1 fully saturated rings. The molecule has 0 spiro atoms. The van der Waals surface area contributed by atoms with E-state index in [1.165, 1.54) is 0 Å². The molecule has 1 atom stereocenters. The van der Waals surface area contributed by atoms with Crippen molar-refractivity contribution in [1.29, 1.82) is 0 Å². The molecule has 0 aromatic heterocycles. The Hall–Kier alpha value is -2.41. The van der Waals surface area contributed by atoms with E-state index in [4.69, 9.17) is 9.47 Å². The summed E-state index contributed by atoms with van der Waals surface area (Å²) in [6.45, 7) is 6.74. The maximum Gasteiger partial charge on any atom is 0.325 e. The van der Waals surface area contributed by atoms with Crippen molar-refractivity contribution in [3.63, 3.8) is 0 Å². The van der Waals surface area contributed by atoms with Crippen molar-refractivity contribution in [2.45, 2.75) is 45.1 Å². The molecule has 0 unspecified atom stereocenters. The molecule has 1 heterocycles. The molecule has 1 aliphatic rings. The summed E-state index contributed by atoms with van der Waals surface area (Å²) in [5.41, 5.74) is 1.58. The van der Waals surface area contributed by atoms with E-state index in [9.17, 15) is 14.4 Å². The standard InChI is InChI=1S/C20H28N2O5/c1-20(2,3)15-8-6-14(7-9-15)19(25)22-12-18(24)27-13-17(23)21-11-16-5-4-10-26-16/h6-9,16H,4-5,10-13H2,1-3H3,(H,21,23)(H,22,25)/t16-/m1/s1. The number of hydrogen-bond acceptors (Lipinski definition) is 5. The van der Waals surface area contributed by atoms with E-state index in [1.54, 1.807) is 12.1 Å². The van der Waals surface area contributed by atoms with Crippen molar-refractivity contribution < 1.29 is 23.9 Å². The summed E-state index contributed by atoms with van der Waals surface area (Å²) in [6.07, 6.45) is 1.95. The summed E-state index contributed by atoms with van der Waals surface area (Å²) in [5, 5.41) is 5.15. The fourth-order valence-corrected chi connectivity index (χ4v) is 2.66. The van der Waals surface area contributed by atoms with E-state index < -0.39 is 5.97 Å². The number of rotatable bonds is 7. The van der Waals surface area contributed by atoms with Crippen LogP contribution in [0.5, 0.6) is 0 Å². The van der Waals surface area contributed by atoms with E-state index in [0.717, 1.165) is 18.4 Å². The molecule has 0 bridgehead atoms. The van der Waals surface area contributed by atoms with Crippen LogP contribution in [0.2, 0.25) is 0 Å². The minimum Gasteiger partial charge on any atom is -0.454 e. The SMILES string of the molecule is CC(C)(C)c1ccc(C(=O)NCC(=O)OCC(=O)NC[C@H]2CCCO2)cc1. The first-order valence-corrected chi connectivity index (χ1v) is 9.18. The van der Waals surface area contributed by atoms with Gasteiger partial charge < -0.3 is 20.1 Å². The summed E-state index contributed by atoms with van der Waals surface area (Å²) >= 11 is 0. The smallest absolute Gasteiger partial charge is 0.325 e. The average molecular weight is 376 g/mol. The van der Waals surface area contributed by atoms with Gasteiger partial charge in [0.2, 0.25) is 0 Å². The monoisotopic (exact) mass is 376 g/mol. The molecule has 0 saturated carbocycles.